The summed E-state index contributed by atoms with van der Waals surface area (Å²) in [6, 6.07) is 12.0. The van der Waals surface area contributed by atoms with Crippen LogP contribution in [-0.4, -0.2) is 10.2 Å². The average molecular weight is 230 g/mol. The lowest BCUT2D eigenvalue weighted by molar-refractivity contribution is 0.440. The first kappa shape index (κ1) is 11.1. The lowest BCUT2D eigenvalue weighted by Gasteiger charge is -2.11. The zero-order valence-electron chi connectivity index (χ0n) is 9.22. The minimum absolute atomic E-state index is 0.0620. The van der Waals surface area contributed by atoms with Gasteiger partial charge in [-0.1, -0.05) is 18.2 Å². The molecule has 0 aliphatic rings. The molecule has 0 unspecified atom stereocenters. The molecule has 0 saturated carbocycles. The van der Waals surface area contributed by atoms with E-state index in [-0.39, 0.29) is 11.5 Å². The zero-order valence-corrected chi connectivity index (χ0v) is 9.22. The van der Waals surface area contributed by atoms with Crippen LogP contribution < -0.4 is 11.1 Å². The summed E-state index contributed by atoms with van der Waals surface area (Å²) in [7, 11) is 0. The van der Waals surface area contributed by atoms with Crippen LogP contribution in [0.15, 0.2) is 42.5 Å². The molecule has 2 rings (SSSR count). The van der Waals surface area contributed by atoms with Gasteiger partial charge >= 0.3 is 0 Å². The van der Waals surface area contributed by atoms with Gasteiger partial charge in [0, 0.05) is 6.54 Å². The highest BCUT2D eigenvalue weighted by atomic mass is 16.3. The van der Waals surface area contributed by atoms with Crippen molar-refractivity contribution < 1.29 is 10.2 Å². The lowest BCUT2D eigenvalue weighted by Crippen LogP contribution is -2.02. The third kappa shape index (κ3) is 2.42. The molecule has 0 spiro atoms. The summed E-state index contributed by atoms with van der Waals surface area (Å²) >= 11 is 0. The van der Waals surface area contributed by atoms with Crippen molar-refractivity contribution in [1.82, 2.24) is 0 Å². The zero-order chi connectivity index (χ0) is 12.3. The van der Waals surface area contributed by atoms with Gasteiger partial charge in [-0.15, -0.1) is 0 Å². The number of rotatable bonds is 3. The molecule has 2 aromatic rings. The Bertz CT molecular complexity index is 506. The highest BCUT2D eigenvalue weighted by molar-refractivity contribution is 5.66. The number of hydrogen-bond acceptors (Lipinski definition) is 4. The third-order valence-electron chi connectivity index (χ3n) is 2.54. The molecule has 0 aliphatic carbocycles. The van der Waals surface area contributed by atoms with Crippen LogP contribution in [0.4, 0.5) is 11.4 Å². The first-order valence-electron chi connectivity index (χ1n) is 5.26. The van der Waals surface area contributed by atoms with Crippen LogP contribution >= 0.6 is 0 Å². The standard InChI is InChI=1S/C13H14N2O2/c14-10-4-1-2-5-11(10)15-8-9-12(16)6-3-7-13(9)17/h1-7,15-17H,8,14H2. The van der Waals surface area contributed by atoms with E-state index in [0.717, 1.165) is 5.69 Å². The summed E-state index contributed by atoms with van der Waals surface area (Å²) in [6.45, 7) is 0.312. The Balaban J connectivity index is 2.16. The Labute approximate surface area is 99.3 Å². The van der Waals surface area contributed by atoms with E-state index in [4.69, 9.17) is 5.73 Å². The molecule has 0 atom stereocenters. The number of nitrogen functional groups attached to an aromatic ring is 1. The first-order chi connectivity index (χ1) is 8.18. The van der Waals surface area contributed by atoms with E-state index in [9.17, 15) is 10.2 Å². The number of phenols is 2. The highest BCUT2D eigenvalue weighted by Gasteiger charge is 2.06. The van der Waals surface area contributed by atoms with Gasteiger partial charge in [-0.3, -0.25) is 0 Å². The van der Waals surface area contributed by atoms with E-state index >= 15 is 0 Å². The van der Waals surface area contributed by atoms with Gasteiger partial charge in [-0.25, -0.2) is 0 Å². The molecular formula is C13H14N2O2. The van der Waals surface area contributed by atoms with Gasteiger partial charge in [0.25, 0.3) is 0 Å². The van der Waals surface area contributed by atoms with Crippen LogP contribution in [0.1, 0.15) is 5.56 Å². The van der Waals surface area contributed by atoms with Crippen LogP contribution in [0.25, 0.3) is 0 Å². The predicted molar refractivity (Wildman–Crippen MR) is 68.0 cm³/mol. The summed E-state index contributed by atoms with van der Waals surface area (Å²) < 4.78 is 0. The third-order valence-corrected chi connectivity index (χ3v) is 2.54. The Kier molecular flexibility index (Phi) is 3.05. The normalized spacial score (nSPS) is 10.1. The minimum atomic E-state index is 0.0620. The number of para-hydroxylation sites is 2. The van der Waals surface area contributed by atoms with Gasteiger partial charge in [-0.2, -0.15) is 0 Å². The van der Waals surface area contributed by atoms with Gasteiger partial charge < -0.3 is 21.3 Å². The molecule has 4 heteroatoms. The fourth-order valence-electron chi connectivity index (χ4n) is 1.59. The number of aromatic hydroxyl groups is 2. The van der Waals surface area contributed by atoms with Gasteiger partial charge in [0.2, 0.25) is 0 Å². The molecule has 2 aromatic carbocycles. The van der Waals surface area contributed by atoms with Crippen molar-refractivity contribution in [3.05, 3.63) is 48.0 Å². The number of nitrogens with two attached hydrogens (primary N) is 1. The van der Waals surface area contributed by atoms with E-state index in [2.05, 4.69) is 5.32 Å². The fourth-order valence-corrected chi connectivity index (χ4v) is 1.59. The molecule has 0 radical (unpaired) electrons. The fraction of sp³-hybridized carbons (Fsp3) is 0.0769. The molecule has 88 valence electrons. The SMILES string of the molecule is Nc1ccccc1NCc1c(O)cccc1O. The molecule has 0 heterocycles. The molecule has 0 aromatic heterocycles. The lowest BCUT2D eigenvalue weighted by atomic mass is 10.1. The van der Waals surface area contributed by atoms with Crippen molar-refractivity contribution in [3.63, 3.8) is 0 Å². The van der Waals surface area contributed by atoms with Crippen molar-refractivity contribution >= 4 is 11.4 Å². The Hall–Kier alpha value is -2.36. The van der Waals surface area contributed by atoms with Crippen molar-refractivity contribution in [2.75, 3.05) is 11.1 Å². The summed E-state index contributed by atoms with van der Waals surface area (Å²) in [6.07, 6.45) is 0. The van der Waals surface area contributed by atoms with Crippen LogP contribution in [-0.2, 0) is 6.54 Å². The smallest absolute Gasteiger partial charge is 0.124 e. The molecule has 5 N–H and O–H groups in total. The quantitative estimate of drug-likeness (QED) is 0.610. The Morgan fingerprint density at radius 2 is 1.59 bits per heavy atom. The van der Waals surface area contributed by atoms with Gasteiger partial charge in [0.1, 0.15) is 11.5 Å². The van der Waals surface area contributed by atoms with E-state index in [1.54, 1.807) is 12.1 Å². The average Bonchev–Trinajstić information content (AvgIpc) is 2.30. The van der Waals surface area contributed by atoms with Gasteiger partial charge in [0.05, 0.1) is 16.9 Å². The van der Waals surface area contributed by atoms with Crippen molar-refractivity contribution in [3.8, 4) is 11.5 Å². The minimum Gasteiger partial charge on any atom is -0.507 e. The highest BCUT2D eigenvalue weighted by Crippen LogP contribution is 2.27. The molecule has 0 aliphatic heterocycles. The van der Waals surface area contributed by atoms with Crippen LogP contribution in [0.2, 0.25) is 0 Å². The molecule has 0 fully saturated rings. The largest absolute Gasteiger partial charge is 0.507 e. The molecule has 4 nitrogen and oxygen atoms in total. The van der Waals surface area contributed by atoms with E-state index in [1.165, 1.54) is 12.1 Å². The number of nitrogens with one attached hydrogen (secondary N) is 1. The monoisotopic (exact) mass is 230 g/mol. The molecule has 17 heavy (non-hydrogen) atoms. The topological polar surface area (TPSA) is 78.5 Å². The maximum Gasteiger partial charge on any atom is 0.124 e. The number of benzene rings is 2. The van der Waals surface area contributed by atoms with E-state index in [1.807, 2.05) is 18.2 Å². The maximum atomic E-state index is 9.61. The van der Waals surface area contributed by atoms with Crippen LogP contribution in [0.3, 0.4) is 0 Å². The Morgan fingerprint density at radius 3 is 2.24 bits per heavy atom. The summed E-state index contributed by atoms with van der Waals surface area (Å²) in [5, 5.41) is 22.3. The molecule has 0 bridgehead atoms. The van der Waals surface area contributed by atoms with Gasteiger partial charge in [0.15, 0.2) is 0 Å². The maximum absolute atomic E-state index is 9.61. The van der Waals surface area contributed by atoms with Crippen LogP contribution in [0.5, 0.6) is 11.5 Å². The Morgan fingerprint density at radius 1 is 0.941 bits per heavy atom. The van der Waals surface area contributed by atoms with E-state index < -0.39 is 0 Å². The van der Waals surface area contributed by atoms with E-state index in [0.29, 0.717) is 17.8 Å². The number of hydrogen-bond donors (Lipinski definition) is 4. The van der Waals surface area contributed by atoms with Crippen molar-refractivity contribution in [2.45, 2.75) is 6.54 Å². The van der Waals surface area contributed by atoms with Crippen molar-refractivity contribution in [1.29, 1.82) is 0 Å². The number of phenolic OH excluding ortho intramolecular Hbond substituents is 2. The molecule has 0 saturated heterocycles. The molecular weight excluding hydrogens is 216 g/mol. The second kappa shape index (κ2) is 4.65. The van der Waals surface area contributed by atoms with Crippen molar-refractivity contribution in [2.24, 2.45) is 0 Å². The van der Waals surface area contributed by atoms with Crippen LogP contribution in [0, 0.1) is 0 Å². The molecule has 0 amide bonds. The summed E-state index contributed by atoms with van der Waals surface area (Å²) in [5.41, 5.74) is 7.63. The number of anilines is 2. The second-order valence-corrected chi connectivity index (χ2v) is 3.72. The second-order valence-electron chi connectivity index (χ2n) is 3.72. The summed E-state index contributed by atoms with van der Waals surface area (Å²) in [5.74, 6) is 0.124. The first-order valence-corrected chi connectivity index (χ1v) is 5.26. The summed E-state index contributed by atoms with van der Waals surface area (Å²) in [4.78, 5) is 0. The predicted octanol–water partition coefficient (Wildman–Crippen LogP) is 2.29. The van der Waals surface area contributed by atoms with Gasteiger partial charge in [-0.05, 0) is 24.3 Å².